The van der Waals surface area contributed by atoms with Gasteiger partial charge >= 0.3 is 0 Å². The zero-order valence-electron chi connectivity index (χ0n) is 10.9. The summed E-state index contributed by atoms with van der Waals surface area (Å²) in [6.45, 7) is 3.27. The van der Waals surface area contributed by atoms with Gasteiger partial charge in [-0.25, -0.2) is 4.39 Å². The average Bonchev–Trinajstić information content (AvgIpc) is 2.35. The summed E-state index contributed by atoms with van der Waals surface area (Å²) in [5, 5.41) is 0. The van der Waals surface area contributed by atoms with Crippen LogP contribution in [0.25, 0.3) is 0 Å². The van der Waals surface area contributed by atoms with Crippen molar-refractivity contribution in [3.63, 3.8) is 0 Å². The molecular formula is C13H19FN2O3. The number of rotatable bonds is 8. The van der Waals surface area contributed by atoms with Gasteiger partial charge < -0.3 is 20.9 Å². The van der Waals surface area contributed by atoms with Crippen LogP contribution in [0.5, 0.6) is 5.75 Å². The Hall–Kier alpha value is -1.82. The second-order valence-corrected chi connectivity index (χ2v) is 4.05. The number of nitrogen functional groups attached to an aromatic ring is 1. The van der Waals surface area contributed by atoms with Gasteiger partial charge in [-0.1, -0.05) is 13.3 Å². The molecule has 0 bridgehead atoms. The van der Waals surface area contributed by atoms with E-state index in [2.05, 4.69) is 6.92 Å². The third-order valence-corrected chi connectivity index (χ3v) is 2.50. The second-order valence-electron chi connectivity index (χ2n) is 4.05. The first-order valence-corrected chi connectivity index (χ1v) is 6.15. The lowest BCUT2D eigenvalue weighted by Gasteiger charge is -2.10. The van der Waals surface area contributed by atoms with Crippen LogP contribution in [0.4, 0.5) is 10.1 Å². The number of hydrogen-bond acceptors (Lipinski definition) is 4. The lowest BCUT2D eigenvalue weighted by atomic mass is 10.1. The van der Waals surface area contributed by atoms with E-state index in [1.165, 1.54) is 6.07 Å². The van der Waals surface area contributed by atoms with E-state index in [1.807, 2.05) is 0 Å². The highest BCUT2D eigenvalue weighted by molar-refractivity contribution is 5.98. The predicted molar refractivity (Wildman–Crippen MR) is 70.6 cm³/mol. The Kier molecular flexibility index (Phi) is 6.08. The van der Waals surface area contributed by atoms with Gasteiger partial charge in [0.25, 0.3) is 5.91 Å². The van der Waals surface area contributed by atoms with E-state index in [9.17, 15) is 9.18 Å². The predicted octanol–water partition coefficient (Wildman–Crippen LogP) is 1.70. The molecule has 1 aromatic carbocycles. The molecule has 1 rings (SSSR count). The molecule has 0 saturated carbocycles. The van der Waals surface area contributed by atoms with Crippen molar-refractivity contribution in [1.29, 1.82) is 0 Å². The fourth-order valence-corrected chi connectivity index (χ4v) is 1.45. The number of primary amides is 1. The van der Waals surface area contributed by atoms with Crippen LogP contribution in [0, 0.1) is 5.82 Å². The Morgan fingerprint density at radius 2 is 2.05 bits per heavy atom. The van der Waals surface area contributed by atoms with Gasteiger partial charge in [0.05, 0.1) is 12.2 Å². The zero-order chi connectivity index (χ0) is 14.3. The van der Waals surface area contributed by atoms with Crippen LogP contribution in [0.1, 0.15) is 30.1 Å². The maximum absolute atomic E-state index is 13.5. The molecule has 0 spiro atoms. The van der Waals surface area contributed by atoms with Crippen LogP contribution in [0.3, 0.4) is 0 Å². The minimum absolute atomic E-state index is 0.00320. The SMILES string of the molecule is CCCCOCCOc1cc(C(N)=O)c(N)cc1F. The molecule has 0 aliphatic heterocycles. The number of anilines is 1. The molecule has 0 atom stereocenters. The minimum atomic E-state index is -0.721. The number of ether oxygens (including phenoxy) is 2. The van der Waals surface area contributed by atoms with Crippen molar-refractivity contribution in [2.45, 2.75) is 19.8 Å². The zero-order valence-corrected chi connectivity index (χ0v) is 10.9. The van der Waals surface area contributed by atoms with E-state index in [0.29, 0.717) is 13.2 Å². The number of halogens is 1. The quantitative estimate of drug-likeness (QED) is 0.556. The summed E-state index contributed by atoms with van der Waals surface area (Å²) in [5.41, 5.74) is 10.6. The van der Waals surface area contributed by atoms with E-state index >= 15 is 0 Å². The molecule has 5 nitrogen and oxygen atoms in total. The van der Waals surface area contributed by atoms with Gasteiger partial charge in [-0.15, -0.1) is 0 Å². The first-order chi connectivity index (χ1) is 9.06. The lowest BCUT2D eigenvalue weighted by molar-refractivity contribution is 0.0963. The summed E-state index contributed by atoms with van der Waals surface area (Å²) in [6.07, 6.45) is 2.03. The molecule has 0 saturated heterocycles. The molecule has 0 radical (unpaired) electrons. The van der Waals surface area contributed by atoms with Crippen molar-refractivity contribution < 1.29 is 18.7 Å². The maximum atomic E-state index is 13.5. The van der Waals surface area contributed by atoms with Gasteiger partial charge in [-0.3, -0.25) is 4.79 Å². The molecular weight excluding hydrogens is 251 g/mol. The highest BCUT2D eigenvalue weighted by Crippen LogP contribution is 2.23. The van der Waals surface area contributed by atoms with Crippen molar-refractivity contribution in [3.05, 3.63) is 23.5 Å². The van der Waals surface area contributed by atoms with Crippen LogP contribution in [-0.4, -0.2) is 25.7 Å². The first kappa shape index (κ1) is 15.2. The summed E-state index contributed by atoms with van der Waals surface area (Å²) in [5.74, 6) is -1.40. The molecule has 106 valence electrons. The second kappa shape index (κ2) is 7.58. The van der Waals surface area contributed by atoms with E-state index in [0.717, 1.165) is 18.9 Å². The normalized spacial score (nSPS) is 10.4. The maximum Gasteiger partial charge on any atom is 0.250 e. The van der Waals surface area contributed by atoms with Crippen LogP contribution in [-0.2, 0) is 4.74 Å². The Morgan fingerprint density at radius 1 is 1.32 bits per heavy atom. The largest absolute Gasteiger partial charge is 0.488 e. The molecule has 0 aliphatic carbocycles. The topological polar surface area (TPSA) is 87.6 Å². The van der Waals surface area contributed by atoms with Gasteiger partial charge in [0.2, 0.25) is 0 Å². The smallest absolute Gasteiger partial charge is 0.250 e. The fraction of sp³-hybridized carbons (Fsp3) is 0.462. The standard InChI is InChI=1S/C13H19FN2O3/c1-2-3-4-18-5-6-19-12-7-9(13(16)17)11(15)8-10(12)14/h7-8H,2-6,15H2,1H3,(H2,16,17). The highest BCUT2D eigenvalue weighted by Gasteiger charge is 2.12. The lowest BCUT2D eigenvalue weighted by Crippen LogP contribution is -2.15. The van der Waals surface area contributed by atoms with Crippen LogP contribution in [0.15, 0.2) is 12.1 Å². The summed E-state index contributed by atoms with van der Waals surface area (Å²) in [7, 11) is 0. The van der Waals surface area contributed by atoms with Crippen molar-refractivity contribution in [2.75, 3.05) is 25.6 Å². The Morgan fingerprint density at radius 3 is 2.68 bits per heavy atom. The van der Waals surface area contributed by atoms with E-state index in [-0.39, 0.29) is 23.6 Å². The molecule has 19 heavy (non-hydrogen) atoms. The third kappa shape index (κ3) is 4.75. The summed E-state index contributed by atoms with van der Waals surface area (Å²) in [4.78, 5) is 11.1. The van der Waals surface area contributed by atoms with Crippen molar-refractivity contribution in [1.82, 2.24) is 0 Å². The van der Waals surface area contributed by atoms with Crippen LogP contribution < -0.4 is 16.2 Å². The van der Waals surface area contributed by atoms with Gasteiger partial charge in [-0.2, -0.15) is 0 Å². The monoisotopic (exact) mass is 270 g/mol. The highest BCUT2D eigenvalue weighted by atomic mass is 19.1. The molecule has 1 amide bonds. The molecule has 0 aromatic heterocycles. The molecule has 6 heteroatoms. The molecule has 0 fully saturated rings. The van der Waals surface area contributed by atoms with E-state index in [4.69, 9.17) is 20.9 Å². The Balaban J connectivity index is 2.53. The number of hydrogen-bond donors (Lipinski definition) is 2. The van der Waals surface area contributed by atoms with Crippen molar-refractivity contribution in [2.24, 2.45) is 5.73 Å². The molecule has 0 heterocycles. The molecule has 1 aromatic rings. The molecule has 4 N–H and O–H groups in total. The third-order valence-electron chi connectivity index (χ3n) is 2.50. The van der Waals surface area contributed by atoms with E-state index in [1.54, 1.807) is 0 Å². The number of carbonyl (C=O) groups is 1. The van der Waals surface area contributed by atoms with Gasteiger partial charge in [0.1, 0.15) is 6.61 Å². The number of nitrogens with two attached hydrogens (primary N) is 2. The first-order valence-electron chi connectivity index (χ1n) is 6.15. The molecule has 0 aliphatic rings. The van der Waals surface area contributed by atoms with Crippen molar-refractivity contribution >= 4 is 11.6 Å². The van der Waals surface area contributed by atoms with Gasteiger partial charge in [0.15, 0.2) is 11.6 Å². The van der Waals surface area contributed by atoms with Crippen LogP contribution >= 0.6 is 0 Å². The number of carbonyl (C=O) groups excluding carboxylic acids is 1. The number of unbranched alkanes of at least 4 members (excludes halogenated alkanes) is 1. The molecule has 0 unspecified atom stereocenters. The van der Waals surface area contributed by atoms with E-state index < -0.39 is 11.7 Å². The van der Waals surface area contributed by atoms with Crippen molar-refractivity contribution in [3.8, 4) is 5.75 Å². The number of benzene rings is 1. The van der Waals surface area contributed by atoms with Gasteiger partial charge in [0, 0.05) is 18.4 Å². The summed E-state index contributed by atoms with van der Waals surface area (Å²) >= 11 is 0. The Labute approximate surface area is 111 Å². The Bertz CT molecular complexity index is 438. The van der Waals surface area contributed by atoms with Crippen LogP contribution in [0.2, 0.25) is 0 Å². The fourth-order valence-electron chi connectivity index (χ4n) is 1.45. The average molecular weight is 270 g/mol. The number of amides is 1. The minimum Gasteiger partial charge on any atom is -0.488 e. The summed E-state index contributed by atoms with van der Waals surface area (Å²) in [6, 6.07) is 2.23. The van der Waals surface area contributed by atoms with Gasteiger partial charge in [-0.05, 0) is 12.5 Å². The summed E-state index contributed by atoms with van der Waals surface area (Å²) < 4.78 is 24.0.